The first kappa shape index (κ1) is 24.7. The molecule has 7 nitrogen and oxygen atoms in total. The van der Waals surface area contributed by atoms with E-state index in [1.165, 1.54) is 24.3 Å². The van der Waals surface area contributed by atoms with Crippen LogP contribution in [0.25, 0.3) is 0 Å². The van der Waals surface area contributed by atoms with Gasteiger partial charge in [0.05, 0.1) is 21.5 Å². The molecule has 3 aromatic carbocycles. The SMILES string of the molecule is CNc1ccc(S(=O)(=O)c2ccc(CCNC[C@@H](O)c3cccc(Cl)c3)cc2)cc1C(=O)O. The predicted molar refractivity (Wildman–Crippen MR) is 128 cm³/mol. The van der Waals surface area contributed by atoms with Gasteiger partial charge in [0.1, 0.15) is 0 Å². The summed E-state index contributed by atoms with van der Waals surface area (Å²) in [6.07, 6.45) is -0.0379. The van der Waals surface area contributed by atoms with Crippen molar-refractivity contribution in [3.63, 3.8) is 0 Å². The van der Waals surface area contributed by atoms with Gasteiger partial charge >= 0.3 is 5.97 Å². The first-order chi connectivity index (χ1) is 15.7. The number of hydrogen-bond donors (Lipinski definition) is 4. The number of hydrogen-bond acceptors (Lipinski definition) is 6. The van der Waals surface area contributed by atoms with Crippen LogP contribution in [0.2, 0.25) is 5.02 Å². The minimum absolute atomic E-state index is 0.0803. The Morgan fingerprint density at radius 1 is 1.03 bits per heavy atom. The van der Waals surface area contributed by atoms with Crippen LogP contribution >= 0.6 is 11.6 Å². The van der Waals surface area contributed by atoms with Gasteiger partial charge in [0, 0.05) is 24.3 Å². The first-order valence-corrected chi connectivity index (χ1v) is 12.1. The highest BCUT2D eigenvalue weighted by Gasteiger charge is 2.21. The molecule has 0 bridgehead atoms. The van der Waals surface area contributed by atoms with Crippen molar-refractivity contribution in [2.45, 2.75) is 22.3 Å². The van der Waals surface area contributed by atoms with E-state index in [0.29, 0.717) is 30.2 Å². The lowest BCUT2D eigenvalue weighted by atomic mass is 10.1. The molecule has 9 heteroatoms. The highest BCUT2D eigenvalue weighted by molar-refractivity contribution is 7.91. The second-order valence-electron chi connectivity index (χ2n) is 7.43. The number of sulfone groups is 1. The summed E-state index contributed by atoms with van der Waals surface area (Å²) in [7, 11) is -2.29. The van der Waals surface area contributed by atoms with Crippen LogP contribution in [0, 0.1) is 0 Å². The van der Waals surface area contributed by atoms with Gasteiger partial charge in [-0.2, -0.15) is 0 Å². The standard InChI is InChI=1S/C24H25ClN2O5S/c1-26-22-10-9-20(14-21(22)24(29)30)33(31,32)19-7-5-16(6-8-19)11-12-27-15-23(28)17-3-2-4-18(25)13-17/h2-10,13-14,23,26-28H,11-12,15H2,1H3,(H,29,30)/t23-/m1/s1. The molecule has 174 valence electrons. The van der Waals surface area contributed by atoms with E-state index >= 15 is 0 Å². The number of carbonyl (C=O) groups is 1. The van der Waals surface area contributed by atoms with Crippen molar-refractivity contribution in [2.24, 2.45) is 0 Å². The van der Waals surface area contributed by atoms with Crippen LogP contribution in [-0.2, 0) is 16.3 Å². The summed E-state index contributed by atoms with van der Waals surface area (Å²) in [5.41, 5.74) is 1.89. The van der Waals surface area contributed by atoms with Gasteiger partial charge in [-0.05, 0) is 66.6 Å². The van der Waals surface area contributed by atoms with E-state index in [-0.39, 0.29) is 15.4 Å². The summed E-state index contributed by atoms with van der Waals surface area (Å²) < 4.78 is 25.9. The molecule has 33 heavy (non-hydrogen) atoms. The van der Waals surface area contributed by atoms with Gasteiger partial charge in [-0.15, -0.1) is 0 Å². The summed E-state index contributed by atoms with van der Waals surface area (Å²) in [6.45, 7) is 0.957. The summed E-state index contributed by atoms with van der Waals surface area (Å²) in [4.78, 5) is 11.4. The van der Waals surface area contributed by atoms with Crippen LogP contribution in [0.3, 0.4) is 0 Å². The van der Waals surface area contributed by atoms with E-state index in [1.54, 1.807) is 37.4 Å². The molecular formula is C24H25ClN2O5S. The Balaban J connectivity index is 1.61. The van der Waals surface area contributed by atoms with Crippen LogP contribution in [-0.4, -0.2) is 44.7 Å². The average molecular weight is 489 g/mol. The number of halogens is 1. The topological polar surface area (TPSA) is 116 Å². The largest absolute Gasteiger partial charge is 0.478 e. The molecule has 0 unspecified atom stereocenters. The summed E-state index contributed by atoms with van der Waals surface area (Å²) in [5, 5.41) is 26.1. The maximum Gasteiger partial charge on any atom is 0.337 e. The monoisotopic (exact) mass is 488 g/mol. The van der Waals surface area contributed by atoms with Crippen molar-refractivity contribution in [3.05, 3.63) is 88.4 Å². The number of carboxylic acids is 1. The number of aliphatic hydroxyl groups excluding tert-OH is 1. The highest BCUT2D eigenvalue weighted by Crippen LogP contribution is 2.26. The Morgan fingerprint density at radius 3 is 2.36 bits per heavy atom. The van der Waals surface area contributed by atoms with Gasteiger partial charge < -0.3 is 20.8 Å². The normalized spacial score (nSPS) is 12.3. The van der Waals surface area contributed by atoms with E-state index in [0.717, 1.165) is 17.2 Å². The maximum atomic E-state index is 13.0. The molecule has 0 aliphatic heterocycles. The van der Waals surface area contributed by atoms with E-state index < -0.39 is 21.9 Å². The molecular weight excluding hydrogens is 464 g/mol. The Labute approximate surface area is 198 Å². The summed E-state index contributed by atoms with van der Waals surface area (Å²) in [6, 6.07) is 17.5. The summed E-state index contributed by atoms with van der Waals surface area (Å²) in [5.74, 6) is -1.21. The van der Waals surface area contributed by atoms with Crippen molar-refractivity contribution in [3.8, 4) is 0 Å². The van der Waals surface area contributed by atoms with Gasteiger partial charge in [-0.25, -0.2) is 13.2 Å². The maximum absolute atomic E-state index is 13.0. The van der Waals surface area contributed by atoms with Crippen LogP contribution in [0.4, 0.5) is 5.69 Å². The quantitative estimate of drug-likeness (QED) is 0.321. The lowest BCUT2D eigenvalue weighted by molar-refractivity contribution is 0.0697. The van der Waals surface area contributed by atoms with Gasteiger partial charge in [-0.1, -0.05) is 35.9 Å². The molecule has 0 saturated heterocycles. The smallest absolute Gasteiger partial charge is 0.337 e. The second kappa shape index (κ2) is 10.8. The number of aliphatic hydroxyl groups is 1. The number of rotatable bonds is 10. The first-order valence-electron chi connectivity index (χ1n) is 10.3. The molecule has 3 aromatic rings. The lowest BCUT2D eigenvalue weighted by Gasteiger charge is -2.13. The van der Waals surface area contributed by atoms with E-state index in [2.05, 4.69) is 10.6 Å². The molecule has 0 amide bonds. The van der Waals surface area contributed by atoms with Crippen molar-refractivity contribution in [1.82, 2.24) is 5.32 Å². The Morgan fingerprint density at radius 2 is 1.73 bits per heavy atom. The zero-order valence-electron chi connectivity index (χ0n) is 18.0. The zero-order chi connectivity index (χ0) is 24.0. The molecule has 4 N–H and O–H groups in total. The van der Waals surface area contributed by atoms with Gasteiger partial charge in [0.25, 0.3) is 0 Å². The Bertz CT molecular complexity index is 1230. The lowest BCUT2D eigenvalue weighted by Crippen LogP contribution is -2.23. The van der Waals surface area contributed by atoms with Gasteiger partial charge in [0.2, 0.25) is 9.84 Å². The fourth-order valence-corrected chi connectivity index (χ4v) is 4.85. The van der Waals surface area contributed by atoms with E-state index in [1.807, 2.05) is 6.07 Å². The third-order valence-corrected chi connectivity index (χ3v) is 7.20. The summed E-state index contributed by atoms with van der Waals surface area (Å²) >= 11 is 5.95. The fraction of sp³-hybridized carbons (Fsp3) is 0.208. The molecule has 0 heterocycles. The molecule has 0 aliphatic carbocycles. The predicted octanol–water partition coefficient (Wildman–Crippen LogP) is 3.78. The van der Waals surface area contributed by atoms with Gasteiger partial charge in [-0.3, -0.25) is 0 Å². The number of benzene rings is 3. The zero-order valence-corrected chi connectivity index (χ0v) is 19.5. The minimum Gasteiger partial charge on any atom is -0.478 e. The molecule has 0 aliphatic rings. The Kier molecular flexibility index (Phi) is 8.10. The molecule has 0 aromatic heterocycles. The third-order valence-electron chi connectivity index (χ3n) is 5.20. The minimum atomic E-state index is -3.86. The highest BCUT2D eigenvalue weighted by atomic mass is 35.5. The number of aromatic carboxylic acids is 1. The molecule has 0 saturated carbocycles. The molecule has 0 fully saturated rings. The number of nitrogens with one attached hydrogen (secondary N) is 2. The van der Waals surface area contributed by atoms with E-state index in [9.17, 15) is 23.4 Å². The number of anilines is 1. The van der Waals surface area contributed by atoms with Crippen molar-refractivity contribution in [1.29, 1.82) is 0 Å². The second-order valence-corrected chi connectivity index (χ2v) is 9.82. The molecule has 1 atom stereocenters. The average Bonchev–Trinajstić information content (AvgIpc) is 2.81. The molecule has 3 rings (SSSR count). The third kappa shape index (κ3) is 6.11. The fourth-order valence-electron chi connectivity index (χ4n) is 3.36. The van der Waals surface area contributed by atoms with Crippen molar-refractivity contribution >= 4 is 33.1 Å². The molecule has 0 spiro atoms. The Hall–Kier alpha value is -2.91. The van der Waals surface area contributed by atoms with Crippen LogP contribution in [0.1, 0.15) is 27.6 Å². The van der Waals surface area contributed by atoms with Crippen LogP contribution < -0.4 is 10.6 Å². The van der Waals surface area contributed by atoms with Crippen LogP contribution in [0.5, 0.6) is 0 Å². The van der Waals surface area contributed by atoms with Gasteiger partial charge in [0.15, 0.2) is 0 Å². The van der Waals surface area contributed by atoms with Crippen molar-refractivity contribution < 1.29 is 23.4 Å². The van der Waals surface area contributed by atoms with Crippen molar-refractivity contribution in [2.75, 3.05) is 25.5 Å². The molecule has 0 radical (unpaired) electrons. The number of carboxylic acid groups (broad SMARTS) is 1. The van der Waals surface area contributed by atoms with E-state index in [4.69, 9.17) is 11.6 Å². The van der Waals surface area contributed by atoms with Crippen LogP contribution in [0.15, 0.2) is 76.5 Å².